The fourth-order valence-electron chi connectivity index (χ4n) is 3.23. The predicted molar refractivity (Wildman–Crippen MR) is 126 cm³/mol. The summed E-state index contributed by atoms with van der Waals surface area (Å²) in [5.41, 5.74) is -3.68. The summed E-state index contributed by atoms with van der Waals surface area (Å²) in [6.45, 7) is 0. The fraction of sp³-hybridized carbons (Fsp3) is 0.174. The Hall–Kier alpha value is -2.80. The van der Waals surface area contributed by atoms with Gasteiger partial charge < -0.3 is 5.32 Å². The maximum atomic E-state index is 13.2. The van der Waals surface area contributed by atoms with Crippen LogP contribution in [-0.2, 0) is 33.6 Å². The second-order valence-electron chi connectivity index (χ2n) is 7.72. The van der Waals surface area contributed by atoms with Crippen LogP contribution in [0.15, 0.2) is 71.6 Å². The molecule has 0 aliphatic heterocycles. The van der Waals surface area contributed by atoms with Crippen molar-refractivity contribution < 1.29 is 39.6 Å². The Balaban J connectivity index is 2.00. The molecule has 0 fully saturated rings. The number of alkyl halides is 6. The third kappa shape index (κ3) is 7.60. The molecule has 0 radical (unpaired) electrons. The number of sulfonamides is 1. The average Bonchev–Trinajstić information content (AvgIpc) is 2.79. The molecule has 5 nitrogen and oxygen atoms in total. The van der Waals surface area contributed by atoms with Crippen molar-refractivity contribution >= 4 is 44.8 Å². The van der Waals surface area contributed by atoms with Gasteiger partial charge in [0.1, 0.15) is 10.9 Å². The fourth-order valence-corrected chi connectivity index (χ4v) is 5.19. The molecule has 0 spiro atoms. The molecule has 198 valence electrons. The van der Waals surface area contributed by atoms with Crippen LogP contribution < -0.4 is 10.0 Å². The van der Waals surface area contributed by atoms with Crippen LogP contribution in [0.5, 0.6) is 0 Å². The van der Waals surface area contributed by atoms with Gasteiger partial charge in [0.25, 0.3) is 0 Å². The van der Waals surface area contributed by atoms with E-state index < -0.39 is 56.0 Å². The lowest BCUT2D eigenvalue weighted by molar-refractivity contribution is -0.143. The van der Waals surface area contributed by atoms with Crippen LogP contribution in [0.25, 0.3) is 0 Å². The Labute approximate surface area is 217 Å². The SMILES string of the molecule is O=C(Nc1cc(C(F)(F)F)cc(C(F)(F)F)c1)[C@H](Cc1ccccc1)NS(=O)(=O)c1cc(Cl)ccc1Cl. The normalized spacial score (nSPS) is 13.3. The largest absolute Gasteiger partial charge is 0.416 e. The first-order valence-corrected chi connectivity index (χ1v) is 12.4. The molecule has 1 atom stereocenters. The van der Waals surface area contributed by atoms with E-state index in [-0.39, 0.29) is 22.5 Å². The zero-order valence-electron chi connectivity index (χ0n) is 18.3. The number of anilines is 1. The minimum Gasteiger partial charge on any atom is -0.325 e. The average molecular weight is 585 g/mol. The first kappa shape index (κ1) is 28.8. The maximum absolute atomic E-state index is 13.2. The highest BCUT2D eigenvalue weighted by Gasteiger charge is 2.37. The van der Waals surface area contributed by atoms with Crippen molar-refractivity contribution in [3.05, 3.63) is 93.5 Å². The van der Waals surface area contributed by atoms with E-state index in [4.69, 9.17) is 23.2 Å². The number of nitrogens with one attached hydrogen (secondary N) is 2. The number of amides is 1. The molecule has 0 saturated carbocycles. The highest BCUT2D eigenvalue weighted by molar-refractivity contribution is 7.89. The Morgan fingerprint density at radius 1 is 0.838 bits per heavy atom. The Bertz CT molecular complexity index is 1370. The lowest BCUT2D eigenvalue weighted by Gasteiger charge is -2.20. The summed E-state index contributed by atoms with van der Waals surface area (Å²) in [5, 5.41) is 1.74. The molecular weight excluding hydrogens is 569 g/mol. The number of benzene rings is 3. The third-order valence-corrected chi connectivity index (χ3v) is 7.12. The van der Waals surface area contributed by atoms with E-state index in [1.807, 2.05) is 5.32 Å². The maximum Gasteiger partial charge on any atom is 0.416 e. The number of carbonyl (C=O) groups excluding carboxylic acids is 1. The number of hydrogen-bond donors (Lipinski definition) is 2. The van der Waals surface area contributed by atoms with E-state index in [0.29, 0.717) is 17.7 Å². The minimum atomic E-state index is -5.14. The standard InChI is InChI=1S/C23H16Cl2F6N2O3S/c24-16-6-7-18(25)20(12-16)37(35,36)33-19(8-13-4-2-1-3-5-13)21(34)32-17-10-14(22(26,27)28)9-15(11-17)23(29,30)31/h1-7,9-12,19,33H,8H2,(H,32,34)/t19-/m0/s1. The van der Waals surface area contributed by atoms with Gasteiger partial charge in [-0.3, -0.25) is 4.79 Å². The number of halogens is 8. The molecule has 3 aromatic rings. The van der Waals surface area contributed by atoms with Crippen molar-refractivity contribution in [3.8, 4) is 0 Å². The van der Waals surface area contributed by atoms with E-state index in [9.17, 15) is 39.6 Å². The van der Waals surface area contributed by atoms with E-state index in [1.54, 1.807) is 30.3 Å². The van der Waals surface area contributed by atoms with Gasteiger partial charge in [-0.15, -0.1) is 0 Å². The van der Waals surface area contributed by atoms with Crippen molar-refractivity contribution in [1.29, 1.82) is 0 Å². The monoisotopic (exact) mass is 584 g/mol. The summed E-state index contributed by atoms with van der Waals surface area (Å²) >= 11 is 11.8. The van der Waals surface area contributed by atoms with Crippen molar-refractivity contribution in [1.82, 2.24) is 4.72 Å². The molecule has 14 heteroatoms. The van der Waals surface area contributed by atoms with Gasteiger partial charge in [0.15, 0.2) is 0 Å². The van der Waals surface area contributed by atoms with Gasteiger partial charge in [-0.05, 0) is 48.4 Å². The van der Waals surface area contributed by atoms with Gasteiger partial charge in [-0.25, -0.2) is 8.42 Å². The number of carbonyl (C=O) groups is 1. The van der Waals surface area contributed by atoms with Gasteiger partial charge in [-0.2, -0.15) is 31.1 Å². The van der Waals surface area contributed by atoms with E-state index in [2.05, 4.69) is 4.72 Å². The molecule has 0 aromatic heterocycles. The van der Waals surface area contributed by atoms with Crippen molar-refractivity contribution in [2.45, 2.75) is 29.7 Å². The molecule has 3 aromatic carbocycles. The third-order valence-electron chi connectivity index (χ3n) is 4.93. The molecule has 3 rings (SSSR count). The van der Waals surface area contributed by atoms with Crippen molar-refractivity contribution in [3.63, 3.8) is 0 Å². The van der Waals surface area contributed by atoms with Gasteiger partial charge in [0.2, 0.25) is 15.9 Å². The Kier molecular flexibility index (Phi) is 8.47. The van der Waals surface area contributed by atoms with Crippen LogP contribution >= 0.6 is 23.2 Å². The number of hydrogen-bond acceptors (Lipinski definition) is 3. The lowest BCUT2D eigenvalue weighted by Crippen LogP contribution is -2.45. The molecule has 1 amide bonds. The number of rotatable bonds is 7. The Morgan fingerprint density at radius 3 is 1.95 bits per heavy atom. The summed E-state index contributed by atoms with van der Waals surface area (Å²) < 4.78 is 107. The van der Waals surface area contributed by atoms with Gasteiger partial charge in [0.05, 0.1) is 16.1 Å². The minimum absolute atomic E-state index is 0.0116. The smallest absolute Gasteiger partial charge is 0.325 e. The van der Waals surface area contributed by atoms with Crippen LogP contribution in [0.2, 0.25) is 10.0 Å². The van der Waals surface area contributed by atoms with Crippen molar-refractivity contribution in [2.75, 3.05) is 5.32 Å². The molecule has 2 N–H and O–H groups in total. The van der Waals surface area contributed by atoms with Gasteiger partial charge in [-0.1, -0.05) is 53.5 Å². The first-order chi connectivity index (χ1) is 17.1. The molecule has 0 unspecified atom stereocenters. The first-order valence-electron chi connectivity index (χ1n) is 10.2. The second-order valence-corrected chi connectivity index (χ2v) is 10.2. The van der Waals surface area contributed by atoms with E-state index >= 15 is 0 Å². The molecule has 0 bridgehead atoms. The van der Waals surface area contributed by atoms with E-state index in [1.165, 1.54) is 12.1 Å². The topological polar surface area (TPSA) is 75.3 Å². The van der Waals surface area contributed by atoms with Crippen LogP contribution in [0.4, 0.5) is 32.0 Å². The molecule has 37 heavy (non-hydrogen) atoms. The zero-order chi connectivity index (χ0) is 27.6. The van der Waals surface area contributed by atoms with E-state index in [0.717, 1.165) is 6.07 Å². The van der Waals surface area contributed by atoms with Crippen LogP contribution in [0.3, 0.4) is 0 Å². The summed E-state index contributed by atoms with van der Waals surface area (Å²) in [7, 11) is -4.52. The molecule has 0 aliphatic carbocycles. The summed E-state index contributed by atoms with van der Waals surface area (Å²) in [6.07, 6.45) is -10.6. The molecule has 0 heterocycles. The second kappa shape index (κ2) is 10.9. The quantitative estimate of drug-likeness (QED) is 0.309. The Morgan fingerprint density at radius 2 is 1.41 bits per heavy atom. The summed E-state index contributed by atoms with van der Waals surface area (Å²) in [6, 6.07) is 10.3. The van der Waals surface area contributed by atoms with Crippen LogP contribution in [0.1, 0.15) is 16.7 Å². The zero-order valence-corrected chi connectivity index (χ0v) is 20.6. The molecular formula is C23H16Cl2F6N2O3S. The highest BCUT2D eigenvalue weighted by Crippen LogP contribution is 2.37. The predicted octanol–water partition coefficient (Wildman–Crippen LogP) is 6.56. The van der Waals surface area contributed by atoms with Gasteiger partial charge in [0, 0.05) is 10.7 Å². The van der Waals surface area contributed by atoms with Crippen LogP contribution in [0, 0.1) is 0 Å². The van der Waals surface area contributed by atoms with Gasteiger partial charge >= 0.3 is 12.4 Å². The summed E-state index contributed by atoms with van der Waals surface area (Å²) in [5.74, 6) is -1.21. The van der Waals surface area contributed by atoms with Crippen LogP contribution in [-0.4, -0.2) is 20.4 Å². The molecule has 0 aliphatic rings. The molecule has 0 saturated heterocycles. The summed E-state index contributed by atoms with van der Waals surface area (Å²) in [4.78, 5) is 12.6. The van der Waals surface area contributed by atoms with Crippen molar-refractivity contribution in [2.24, 2.45) is 0 Å². The highest BCUT2D eigenvalue weighted by atomic mass is 35.5. The lowest BCUT2D eigenvalue weighted by atomic mass is 10.1.